The molecule has 1 atom stereocenters. The number of aromatic nitrogens is 4. The second kappa shape index (κ2) is 9.51. The van der Waals surface area contributed by atoms with E-state index in [1.54, 1.807) is 30.6 Å². The molecule has 3 heterocycles. The molecule has 5 aromatic rings. The molecule has 34 heavy (non-hydrogen) atoms. The van der Waals surface area contributed by atoms with E-state index in [-0.39, 0.29) is 11.9 Å². The number of halogens is 2. The molecule has 5 rings (SSSR count). The third-order valence-electron chi connectivity index (χ3n) is 4.96. The predicted octanol–water partition coefficient (Wildman–Crippen LogP) is 6.49. The quantitative estimate of drug-likeness (QED) is 0.276. The van der Waals surface area contributed by atoms with Gasteiger partial charge in [-0.05, 0) is 48.9 Å². The molecular formula is C25H17ClFN5OS. The number of nitrogens with zero attached hydrogens (tertiary/aromatic N) is 3. The first kappa shape index (κ1) is 21.9. The molecule has 2 aromatic carbocycles. The molecule has 2 N–H and O–H groups in total. The Kier molecular flexibility index (Phi) is 6.12. The van der Waals surface area contributed by atoms with Crippen LogP contribution in [0.3, 0.4) is 0 Å². The molecule has 0 aliphatic rings. The number of fused-ring (bicyclic) bond motifs is 1. The summed E-state index contributed by atoms with van der Waals surface area (Å²) >= 11 is 7.98. The Labute approximate surface area is 203 Å². The van der Waals surface area contributed by atoms with Gasteiger partial charge in [-0.25, -0.2) is 14.4 Å². The predicted molar refractivity (Wildman–Crippen MR) is 132 cm³/mol. The van der Waals surface area contributed by atoms with E-state index in [0.717, 1.165) is 31.9 Å². The van der Waals surface area contributed by atoms with Crippen molar-refractivity contribution in [3.63, 3.8) is 0 Å². The molecule has 0 aliphatic carbocycles. The van der Waals surface area contributed by atoms with Crippen molar-refractivity contribution in [1.82, 2.24) is 20.2 Å². The molecule has 0 aliphatic heterocycles. The Morgan fingerprint density at radius 1 is 1.15 bits per heavy atom. The van der Waals surface area contributed by atoms with Crippen LogP contribution in [0.1, 0.15) is 29.0 Å². The van der Waals surface area contributed by atoms with Crippen molar-refractivity contribution in [2.75, 3.05) is 5.32 Å². The number of H-pyrrole nitrogens is 1. The SMILES string of the molecule is CC(Oc1ccc(Nc2ncnc3cc(C#Cc4cn[nH]c4)sc23)cc1Cl)c1cccc(F)c1. The Hall–Kier alpha value is -3.93. The van der Waals surface area contributed by atoms with Gasteiger partial charge in [0.15, 0.2) is 5.82 Å². The lowest BCUT2D eigenvalue weighted by molar-refractivity contribution is 0.226. The van der Waals surface area contributed by atoms with Gasteiger partial charge in [-0.1, -0.05) is 35.6 Å². The molecule has 0 saturated carbocycles. The maximum absolute atomic E-state index is 13.5. The van der Waals surface area contributed by atoms with Crippen LogP contribution < -0.4 is 10.1 Å². The van der Waals surface area contributed by atoms with Crippen LogP contribution in [0.4, 0.5) is 15.9 Å². The number of hydrogen-bond donors (Lipinski definition) is 2. The third kappa shape index (κ3) is 4.86. The van der Waals surface area contributed by atoms with E-state index in [9.17, 15) is 4.39 Å². The molecular weight excluding hydrogens is 473 g/mol. The number of hydrogen-bond acceptors (Lipinski definition) is 6. The van der Waals surface area contributed by atoms with Crippen molar-refractivity contribution in [2.24, 2.45) is 0 Å². The number of nitrogens with one attached hydrogen (secondary N) is 2. The lowest BCUT2D eigenvalue weighted by Gasteiger charge is -2.17. The van der Waals surface area contributed by atoms with Crippen LogP contribution in [0.2, 0.25) is 5.02 Å². The van der Waals surface area contributed by atoms with Crippen molar-refractivity contribution in [3.8, 4) is 17.6 Å². The highest BCUT2D eigenvalue weighted by Crippen LogP contribution is 2.34. The minimum absolute atomic E-state index is 0.307. The minimum atomic E-state index is -0.360. The van der Waals surface area contributed by atoms with Gasteiger partial charge in [-0.15, -0.1) is 11.3 Å². The number of benzene rings is 2. The van der Waals surface area contributed by atoms with Crippen LogP contribution in [-0.4, -0.2) is 20.2 Å². The van der Waals surface area contributed by atoms with Crippen molar-refractivity contribution in [1.29, 1.82) is 0 Å². The molecule has 6 nitrogen and oxygen atoms in total. The minimum Gasteiger partial charge on any atom is -0.484 e. The summed E-state index contributed by atoms with van der Waals surface area (Å²) in [6, 6.07) is 13.6. The maximum atomic E-state index is 13.5. The summed E-state index contributed by atoms with van der Waals surface area (Å²) in [4.78, 5) is 9.61. The number of anilines is 2. The van der Waals surface area contributed by atoms with Gasteiger partial charge in [0, 0.05) is 11.9 Å². The Balaban J connectivity index is 1.35. The molecule has 0 saturated heterocycles. The van der Waals surface area contributed by atoms with Crippen molar-refractivity contribution >= 4 is 44.7 Å². The first-order valence-electron chi connectivity index (χ1n) is 10.3. The van der Waals surface area contributed by atoms with E-state index in [4.69, 9.17) is 16.3 Å². The second-order valence-corrected chi connectivity index (χ2v) is 8.83. The maximum Gasteiger partial charge on any atom is 0.151 e. The number of ether oxygens (including phenoxy) is 1. The highest BCUT2D eigenvalue weighted by atomic mass is 35.5. The molecule has 0 spiro atoms. The van der Waals surface area contributed by atoms with Gasteiger partial charge in [0.2, 0.25) is 0 Å². The van der Waals surface area contributed by atoms with E-state index in [1.165, 1.54) is 29.8 Å². The van der Waals surface area contributed by atoms with Crippen LogP contribution in [0.15, 0.2) is 67.3 Å². The van der Waals surface area contributed by atoms with Gasteiger partial charge in [-0.3, -0.25) is 5.10 Å². The number of rotatable bonds is 5. The van der Waals surface area contributed by atoms with Gasteiger partial charge in [0.25, 0.3) is 0 Å². The van der Waals surface area contributed by atoms with Crippen molar-refractivity contribution < 1.29 is 9.13 Å². The van der Waals surface area contributed by atoms with Gasteiger partial charge in [0.05, 0.1) is 31.9 Å². The van der Waals surface area contributed by atoms with E-state index < -0.39 is 0 Å². The van der Waals surface area contributed by atoms with Crippen LogP contribution in [0, 0.1) is 17.7 Å². The van der Waals surface area contributed by atoms with Crippen LogP contribution >= 0.6 is 22.9 Å². The van der Waals surface area contributed by atoms with Crippen LogP contribution in [0.25, 0.3) is 10.2 Å². The Bertz CT molecular complexity index is 1520. The van der Waals surface area contributed by atoms with Crippen LogP contribution in [0.5, 0.6) is 5.75 Å². The molecule has 0 bridgehead atoms. The fraction of sp³-hybridized carbons (Fsp3) is 0.0800. The summed E-state index contributed by atoms with van der Waals surface area (Å²) in [6.45, 7) is 1.85. The number of thiophene rings is 1. The summed E-state index contributed by atoms with van der Waals surface area (Å²) < 4.78 is 20.3. The summed E-state index contributed by atoms with van der Waals surface area (Å²) in [5.41, 5.74) is 3.08. The standard InChI is InChI=1S/C25H17ClFN5OS/c1-15(17-3-2-4-18(27)9-17)33-23-8-6-19(10-21(23)26)32-25-24-22(28-14-29-25)11-20(34-24)7-5-16-12-30-31-13-16/h2-4,6,8-15H,1H3,(H,30,31)(H,28,29,32). The lowest BCUT2D eigenvalue weighted by atomic mass is 10.1. The monoisotopic (exact) mass is 489 g/mol. The van der Waals surface area contributed by atoms with Gasteiger partial charge < -0.3 is 10.1 Å². The zero-order chi connectivity index (χ0) is 23.5. The van der Waals surface area contributed by atoms with E-state index in [1.807, 2.05) is 25.1 Å². The average Bonchev–Trinajstić information content (AvgIpc) is 3.49. The number of aromatic amines is 1. The summed E-state index contributed by atoms with van der Waals surface area (Å²) in [5.74, 6) is 7.05. The molecule has 3 aromatic heterocycles. The van der Waals surface area contributed by atoms with E-state index >= 15 is 0 Å². The summed E-state index contributed by atoms with van der Waals surface area (Å²) in [7, 11) is 0. The molecule has 1 unspecified atom stereocenters. The first-order valence-corrected chi connectivity index (χ1v) is 11.5. The second-order valence-electron chi connectivity index (χ2n) is 7.37. The summed E-state index contributed by atoms with van der Waals surface area (Å²) in [6.07, 6.45) is 4.55. The smallest absolute Gasteiger partial charge is 0.151 e. The first-order chi connectivity index (χ1) is 16.5. The molecule has 0 radical (unpaired) electrons. The molecule has 0 amide bonds. The average molecular weight is 490 g/mol. The largest absolute Gasteiger partial charge is 0.484 e. The van der Waals surface area contributed by atoms with Crippen molar-refractivity contribution in [3.05, 3.63) is 94.1 Å². The zero-order valence-electron chi connectivity index (χ0n) is 17.8. The molecule has 0 fully saturated rings. The fourth-order valence-corrected chi connectivity index (χ4v) is 4.42. The van der Waals surface area contributed by atoms with Crippen LogP contribution in [-0.2, 0) is 0 Å². The van der Waals surface area contributed by atoms with Gasteiger partial charge in [0.1, 0.15) is 24.0 Å². The fourth-order valence-electron chi connectivity index (χ4n) is 3.29. The van der Waals surface area contributed by atoms with Crippen molar-refractivity contribution in [2.45, 2.75) is 13.0 Å². The lowest BCUT2D eigenvalue weighted by Crippen LogP contribution is -2.04. The third-order valence-corrected chi connectivity index (χ3v) is 6.30. The van der Waals surface area contributed by atoms with E-state index in [0.29, 0.717) is 16.6 Å². The Morgan fingerprint density at radius 3 is 2.85 bits per heavy atom. The molecule has 168 valence electrons. The summed E-state index contributed by atoms with van der Waals surface area (Å²) in [5, 5.41) is 10.4. The highest BCUT2D eigenvalue weighted by molar-refractivity contribution is 7.20. The normalized spacial score (nSPS) is 11.6. The van der Waals surface area contributed by atoms with Gasteiger partial charge in [-0.2, -0.15) is 5.10 Å². The van der Waals surface area contributed by atoms with Gasteiger partial charge >= 0.3 is 0 Å². The molecule has 9 heteroatoms. The topological polar surface area (TPSA) is 75.7 Å². The highest BCUT2D eigenvalue weighted by Gasteiger charge is 2.13. The zero-order valence-corrected chi connectivity index (χ0v) is 19.4. The van der Waals surface area contributed by atoms with E-state index in [2.05, 4.69) is 37.3 Å². The Morgan fingerprint density at radius 2 is 2.06 bits per heavy atom.